The molecule has 0 radical (unpaired) electrons. The highest BCUT2D eigenvalue weighted by Crippen LogP contribution is 2.26. The number of nitrogens with one attached hydrogen (secondary N) is 1. The summed E-state index contributed by atoms with van der Waals surface area (Å²) in [6.45, 7) is 0. The molecule has 110 valence electrons. The summed E-state index contributed by atoms with van der Waals surface area (Å²) in [6, 6.07) is 9.41. The number of nitrogens with two attached hydrogens (primary N) is 1. The van der Waals surface area contributed by atoms with E-state index in [4.69, 9.17) is 5.73 Å². The fourth-order valence-electron chi connectivity index (χ4n) is 1.66. The Balaban J connectivity index is 2.08. The van der Waals surface area contributed by atoms with Crippen LogP contribution in [0.15, 0.2) is 47.4 Å². The zero-order valence-electron chi connectivity index (χ0n) is 10.6. The van der Waals surface area contributed by atoms with E-state index in [1.165, 1.54) is 30.3 Å². The molecule has 3 N–H and O–H groups in total. The Labute approximate surface area is 123 Å². The van der Waals surface area contributed by atoms with Gasteiger partial charge in [-0.05, 0) is 42.5 Å². The summed E-state index contributed by atoms with van der Waals surface area (Å²) in [7, 11) is 0. The summed E-state index contributed by atoms with van der Waals surface area (Å²) < 4.78 is 37.3. The van der Waals surface area contributed by atoms with Crippen LogP contribution < -0.4 is 11.1 Å². The Morgan fingerprint density at radius 1 is 1.14 bits per heavy atom. The highest BCUT2D eigenvalue weighted by molar-refractivity contribution is 7.99. The van der Waals surface area contributed by atoms with Gasteiger partial charge < -0.3 is 11.1 Å². The summed E-state index contributed by atoms with van der Waals surface area (Å²) in [5.41, 5.74) is 6.17. The molecule has 0 atom stereocenters. The van der Waals surface area contributed by atoms with Crippen LogP contribution in [0.2, 0.25) is 0 Å². The van der Waals surface area contributed by atoms with Gasteiger partial charge in [-0.3, -0.25) is 4.79 Å². The van der Waals surface area contributed by atoms with E-state index in [1.54, 1.807) is 0 Å². The van der Waals surface area contributed by atoms with E-state index < -0.39 is 17.5 Å². The second kappa shape index (κ2) is 6.53. The van der Waals surface area contributed by atoms with Crippen molar-refractivity contribution in [1.82, 2.24) is 0 Å². The van der Waals surface area contributed by atoms with Crippen LogP contribution in [0, 0.1) is 5.82 Å². The maximum absolute atomic E-state index is 12.9. The lowest BCUT2D eigenvalue weighted by atomic mass is 10.1. The van der Waals surface area contributed by atoms with Gasteiger partial charge in [0.1, 0.15) is 5.82 Å². The average Bonchev–Trinajstić information content (AvgIpc) is 2.40. The third-order valence-corrected chi connectivity index (χ3v) is 3.32. The molecule has 1 amide bonds. The van der Waals surface area contributed by atoms with Crippen molar-refractivity contribution >= 4 is 29.0 Å². The first kappa shape index (κ1) is 15.2. The van der Waals surface area contributed by atoms with Gasteiger partial charge in [0.05, 0.1) is 5.56 Å². The fourth-order valence-corrected chi connectivity index (χ4v) is 2.16. The number of amides is 1. The quantitative estimate of drug-likeness (QED) is 0.663. The van der Waals surface area contributed by atoms with E-state index in [0.717, 1.165) is 12.1 Å². The number of anilines is 2. The van der Waals surface area contributed by atoms with Gasteiger partial charge in [-0.1, -0.05) is 11.8 Å². The number of carbonyl (C=O) groups is 1. The number of benzene rings is 2. The van der Waals surface area contributed by atoms with E-state index in [0.29, 0.717) is 22.3 Å². The van der Waals surface area contributed by atoms with Gasteiger partial charge in [0.2, 0.25) is 0 Å². The first-order chi connectivity index (χ1) is 9.95. The molecular weight excluding hydrogens is 301 g/mol. The SMILES string of the molecule is Nc1cc(F)ccc1C(=O)Nc1ccc(SC(F)F)cc1. The number of alkyl halides is 2. The van der Waals surface area contributed by atoms with Gasteiger partial charge in [-0.15, -0.1) is 0 Å². The molecule has 0 unspecified atom stereocenters. The summed E-state index contributed by atoms with van der Waals surface area (Å²) in [4.78, 5) is 12.4. The molecule has 0 spiro atoms. The summed E-state index contributed by atoms with van der Waals surface area (Å²) >= 11 is 0.419. The lowest BCUT2D eigenvalue weighted by molar-refractivity contribution is 0.102. The molecular formula is C14H11F3N2OS. The number of carbonyl (C=O) groups excluding carboxylic acids is 1. The zero-order chi connectivity index (χ0) is 15.4. The average molecular weight is 312 g/mol. The van der Waals surface area contributed by atoms with Crippen molar-refractivity contribution in [2.75, 3.05) is 11.1 Å². The molecule has 2 rings (SSSR count). The van der Waals surface area contributed by atoms with Gasteiger partial charge in [0.25, 0.3) is 11.7 Å². The number of thioether (sulfide) groups is 1. The molecule has 0 fully saturated rings. The molecule has 7 heteroatoms. The van der Waals surface area contributed by atoms with E-state index >= 15 is 0 Å². The predicted octanol–water partition coefficient (Wildman–Crippen LogP) is 3.97. The first-order valence-electron chi connectivity index (χ1n) is 5.87. The Morgan fingerprint density at radius 3 is 2.38 bits per heavy atom. The normalized spacial score (nSPS) is 10.7. The molecule has 0 saturated heterocycles. The molecule has 0 bridgehead atoms. The molecule has 0 aromatic heterocycles. The largest absolute Gasteiger partial charge is 0.398 e. The van der Waals surface area contributed by atoms with Crippen molar-refractivity contribution in [1.29, 1.82) is 0 Å². The molecule has 0 aliphatic heterocycles. The van der Waals surface area contributed by atoms with Gasteiger partial charge in [-0.2, -0.15) is 8.78 Å². The number of hydrogen-bond donors (Lipinski definition) is 2. The van der Waals surface area contributed by atoms with Crippen LogP contribution in [0.3, 0.4) is 0 Å². The Hall–Kier alpha value is -2.15. The topological polar surface area (TPSA) is 55.1 Å². The van der Waals surface area contributed by atoms with E-state index in [-0.39, 0.29) is 11.3 Å². The van der Waals surface area contributed by atoms with Gasteiger partial charge in [-0.25, -0.2) is 4.39 Å². The summed E-state index contributed by atoms with van der Waals surface area (Å²) in [5, 5.41) is 2.56. The minimum absolute atomic E-state index is 0.0253. The van der Waals surface area contributed by atoms with E-state index in [1.807, 2.05) is 0 Å². The van der Waals surface area contributed by atoms with Crippen molar-refractivity contribution in [2.45, 2.75) is 10.7 Å². The van der Waals surface area contributed by atoms with Crippen molar-refractivity contribution in [3.63, 3.8) is 0 Å². The second-order valence-electron chi connectivity index (χ2n) is 4.09. The zero-order valence-corrected chi connectivity index (χ0v) is 11.5. The minimum atomic E-state index is -2.50. The van der Waals surface area contributed by atoms with Crippen molar-refractivity contribution in [2.24, 2.45) is 0 Å². The third kappa shape index (κ3) is 4.16. The van der Waals surface area contributed by atoms with Crippen LogP contribution in [-0.2, 0) is 0 Å². The lowest BCUT2D eigenvalue weighted by Gasteiger charge is -2.08. The summed E-state index contributed by atoms with van der Waals surface area (Å²) in [5.74, 6) is -3.52. The van der Waals surface area contributed by atoms with Crippen LogP contribution in [-0.4, -0.2) is 11.7 Å². The van der Waals surface area contributed by atoms with Crippen LogP contribution in [0.4, 0.5) is 24.5 Å². The molecule has 0 aliphatic rings. The monoisotopic (exact) mass is 312 g/mol. The van der Waals surface area contributed by atoms with Gasteiger partial charge in [0.15, 0.2) is 0 Å². The van der Waals surface area contributed by atoms with Gasteiger partial charge >= 0.3 is 0 Å². The molecule has 0 aliphatic carbocycles. The van der Waals surface area contributed by atoms with Crippen LogP contribution in [0.5, 0.6) is 0 Å². The van der Waals surface area contributed by atoms with Crippen molar-refractivity contribution < 1.29 is 18.0 Å². The van der Waals surface area contributed by atoms with E-state index in [2.05, 4.69) is 5.32 Å². The number of rotatable bonds is 4. The van der Waals surface area contributed by atoms with Crippen LogP contribution in [0.25, 0.3) is 0 Å². The van der Waals surface area contributed by atoms with Crippen molar-refractivity contribution in [3.8, 4) is 0 Å². The Kier molecular flexibility index (Phi) is 4.74. The number of halogens is 3. The molecule has 2 aromatic rings. The standard InChI is InChI=1S/C14H11F3N2OS/c15-8-1-6-11(12(18)7-8)13(20)19-9-2-4-10(5-3-9)21-14(16)17/h1-7,14H,18H2,(H,19,20). The highest BCUT2D eigenvalue weighted by Gasteiger charge is 2.11. The van der Waals surface area contributed by atoms with Crippen LogP contribution in [0.1, 0.15) is 10.4 Å². The molecule has 3 nitrogen and oxygen atoms in total. The maximum Gasteiger partial charge on any atom is 0.288 e. The van der Waals surface area contributed by atoms with E-state index in [9.17, 15) is 18.0 Å². The fraction of sp³-hybridized carbons (Fsp3) is 0.0714. The molecule has 2 aromatic carbocycles. The molecule has 21 heavy (non-hydrogen) atoms. The van der Waals surface area contributed by atoms with Gasteiger partial charge in [0, 0.05) is 16.3 Å². The highest BCUT2D eigenvalue weighted by atomic mass is 32.2. The smallest absolute Gasteiger partial charge is 0.288 e. The minimum Gasteiger partial charge on any atom is -0.398 e. The number of hydrogen-bond acceptors (Lipinski definition) is 3. The summed E-state index contributed by atoms with van der Waals surface area (Å²) in [6.07, 6.45) is 0. The maximum atomic E-state index is 12.9. The third-order valence-electron chi connectivity index (χ3n) is 2.60. The predicted molar refractivity (Wildman–Crippen MR) is 77.1 cm³/mol. The Bertz CT molecular complexity index is 647. The number of nitrogen functional groups attached to an aromatic ring is 1. The lowest BCUT2D eigenvalue weighted by Crippen LogP contribution is -2.14. The van der Waals surface area contributed by atoms with Crippen molar-refractivity contribution in [3.05, 3.63) is 53.8 Å². The Morgan fingerprint density at radius 2 is 1.81 bits per heavy atom. The first-order valence-corrected chi connectivity index (χ1v) is 6.75. The molecule has 0 heterocycles. The van der Waals surface area contributed by atoms with Crippen LogP contribution >= 0.6 is 11.8 Å². The molecule has 0 saturated carbocycles. The second-order valence-corrected chi connectivity index (χ2v) is 5.15.